The summed E-state index contributed by atoms with van der Waals surface area (Å²) in [4.78, 5) is 40.0. The lowest BCUT2D eigenvalue weighted by atomic mass is 10.0. The Morgan fingerprint density at radius 1 is 0.468 bits per heavy atom. The van der Waals surface area contributed by atoms with E-state index in [-0.39, 0.29) is 24.9 Å². The largest absolute Gasteiger partial charge is 0.756 e. The monoisotopic (exact) mass is 1100 g/mol. The van der Waals surface area contributed by atoms with Crippen LogP contribution in [0.25, 0.3) is 0 Å². The first-order valence-electron chi connectivity index (χ1n) is 33.0. The molecule has 0 saturated heterocycles. The van der Waals surface area contributed by atoms with Crippen molar-refractivity contribution >= 4 is 19.7 Å². The number of phosphoric acid groups is 1. The van der Waals surface area contributed by atoms with Gasteiger partial charge in [0.25, 0.3) is 7.82 Å². The highest BCUT2D eigenvalue weighted by Crippen LogP contribution is 2.38. The van der Waals surface area contributed by atoms with Gasteiger partial charge in [0.2, 0.25) is 5.91 Å². The Morgan fingerprint density at radius 2 is 0.831 bits per heavy atom. The molecule has 0 aliphatic heterocycles. The highest BCUT2D eigenvalue weighted by atomic mass is 31.2. The number of esters is 1. The zero-order valence-electron chi connectivity index (χ0n) is 51.7. The smallest absolute Gasteiger partial charge is 0.306 e. The quantitative estimate of drug-likeness (QED) is 0.0161. The van der Waals surface area contributed by atoms with Crippen molar-refractivity contribution in [2.24, 2.45) is 0 Å². The van der Waals surface area contributed by atoms with Gasteiger partial charge in [0, 0.05) is 12.8 Å². The summed E-state index contributed by atoms with van der Waals surface area (Å²) in [5.74, 6) is -0.552. The summed E-state index contributed by atoms with van der Waals surface area (Å²) >= 11 is 0. The van der Waals surface area contributed by atoms with Gasteiger partial charge in [-0.2, -0.15) is 0 Å². The zero-order chi connectivity index (χ0) is 56.4. The van der Waals surface area contributed by atoms with E-state index < -0.39 is 26.6 Å². The molecule has 0 aromatic heterocycles. The number of carbonyl (C=O) groups excluding carboxylic acids is 2. The van der Waals surface area contributed by atoms with Crippen molar-refractivity contribution in [1.82, 2.24) is 5.32 Å². The fourth-order valence-corrected chi connectivity index (χ4v) is 10.5. The van der Waals surface area contributed by atoms with Gasteiger partial charge in [-0.1, -0.05) is 301 Å². The highest BCUT2D eigenvalue weighted by Gasteiger charge is 2.27. The van der Waals surface area contributed by atoms with Crippen LogP contribution in [0.1, 0.15) is 316 Å². The Balaban J connectivity index is 5.06. The van der Waals surface area contributed by atoms with E-state index in [1.54, 1.807) is 0 Å². The van der Waals surface area contributed by atoms with Crippen LogP contribution in [0.15, 0.2) is 48.6 Å². The van der Waals surface area contributed by atoms with Gasteiger partial charge >= 0.3 is 5.97 Å². The van der Waals surface area contributed by atoms with E-state index in [1.165, 1.54) is 199 Å². The normalized spacial score (nSPS) is 13.9. The maximum absolute atomic E-state index is 13.6. The molecule has 0 aliphatic rings. The predicted octanol–water partition coefficient (Wildman–Crippen LogP) is 19.8. The number of phosphoric ester groups is 1. The van der Waals surface area contributed by atoms with Crippen LogP contribution in [0.4, 0.5) is 0 Å². The van der Waals surface area contributed by atoms with Gasteiger partial charge in [0.05, 0.1) is 33.8 Å². The average Bonchev–Trinajstić information content (AvgIpc) is 3.39. The third-order valence-electron chi connectivity index (χ3n) is 14.8. The fourth-order valence-electron chi connectivity index (χ4n) is 9.76. The maximum Gasteiger partial charge on any atom is 0.306 e. The van der Waals surface area contributed by atoms with Gasteiger partial charge in [-0.05, 0) is 51.0 Å². The first-order chi connectivity index (χ1) is 37.4. The van der Waals surface area contributed by atoms with E-state index in [0.717, 1.165) is 77.0 Å². The number of amides is 1. The highest BCUT2D eigenvalue weighted by molar-refractivity contribution is 7.45. The van der Waals surface area contributed by atoms with Crippen molar-refractivity contribution in [3.05, 3.63) is 48.6 Å². The third kappa shape index (κ3) is 58.4. The Bertz CT molecular complexity index is 1460. The second-order valence-electron chi connectivity index (χ2n) is 23.7. The molecule has 0 rings (SSSR count). The number of nitrogens with one attached hydrogen (secondary N) is 1. The predicted molar refractivity (Wildman–Crippen MR) is 330 cm³/mol. The standard InChI is InChI=1S/C67H127N2O7P/c1-7-10-13-16-19-22-25-28-29-30-31-32-33-34-35-36-37-38-39-42-44-47-50-53-56-59-66(70)68-64(63-75-77(72,73)74-62-61-69(4,5)6)65(58-55-52-49-46-43-40-26-23-20-17-14-11-8-2)76-67(71)60-57-54-51-48-45-41-27-24-21-18-15-12-9-3/h12,15,18,21,24,27,55,58,64-65H,7-11,13-14,16-17,19-20,22-23,25-26,28-54,56-57,59-63H2,1-6H3,(H-,68,70,72,73)/b15-12+,21-18+,27-24-,58-55-. The molecule has 0 aliphatic carbocycles. The zero-order valence-corrected chi connectivity index (χ0v) is 52.6. The van der Waals surface area contributed by atoms with Crippen LogP contribution in [0, 0.1) is 0 Å². The van der Waals surface area contributed by atoms with Crippen molar-refractivity contribution in [3.8, 4) is 0 Å². The summed E-state index contributed by atoms with van der Waals surface area (Å²) in [6, 6.07) is -0.894. The van der Waals surface area contributed by atoms with Gasteiger partial charge in [-0.25, -0.2) is 0 Å². The number of quaternary nitrogens is 1. The third-order valence-corrected chi connectivity index (χ3v) is 15.8. The first-order valence-corrected chi connectivity index (χ1v) is 34.4. The first kappa shape index (κ1) is 75.0. The number of unbranched alkanes of at least 4 members (excludes halogenated alkanes) is 40. The van der Waals surface area contributed by atoms with Crippen molar-refractivity contribution < 1.29 is 37.3 Å². The van der Waals surface area contributed by atoms with Gasteiger partial charge in [0.15, 0.2) is 0 Å². The van der Waals surface area contributed by atoms with Crippen molar-refractivity contribution in [3.63, 3.8) is 0 Å². The number of hydrogen-bond acceptors (Lipinski definition) is 7. The summed E-state index contributed by atoms with van der Waals surface area (Å²) in [6.07, 6.45) is 71.0. The molecular formula is C67H127N2O7P. The molecule has 0 heterocycles. The van der Waals surface area contributed by atoms with E-state index in [1.807, 2.05) is 33.3 Å². The molecule has 3 unspecified atom stereocenters. The molecule has 0 bridgehead atoms. The van der Waals surface area contributed by atoms with Crippen molar-refractivity contribution in [2.45, 2.75) is 328 Å². The summed E-state index contributed by atoms with van der Waals surface area (Å²) in [5.41, 5.74) is 0. The van der Waals surface area contributed by atoms with E-state index in [2.05, 4.69) is 62.5 Å². The van der Waals surface area contributed by atoms with Crippen molar-refractivity contribution in [1.29, 1.82) is 0 Å². The molecule has 3 atom stereocenters. The average molecular weight is 1100 g/mol. The van der Waals surface area contributed by atoms with Crippen LogP contribution in [0.2, 0.25) is 0 Å². The molecule has 77 heavy (non-hydrogen) atoms. The summed E-state index contributed by atoms with van der Waals surface area (Å²) < 4.78 is 30.3. The van der Waals surface area contributed by atoms with E-state index in [0.29, 0.717) is 23.9 Å². The molecular weight excluding hydrogens is 976 g/mol. The minimum atomic E-state index is -4.70. The van der Waals surface area contributed by atoms with Crippen LogP contribution in [0.3, 0.4) is 0 Å². The second-order valence-corrected chi connectivity index (χ2v) is 25.1. The maximum atomic E-state index is 13.6. The molecule has 1 amide bonds. The van der Waals surface area contributed by atoms with Crippen LogP contribution in [-0.2, 0) is 27.9 Å². The van der Waals surface area contributed by atoms with Gasteiger partial charge in [0.1, 0.15) is 19.3 Å². The minimum Gasteiger partial charge on any atom is -0.756 e. The molecule has 0 aromatic carbocycles. The van der Waals surface area contributed by atoms with Crippen molar-refractivity contribution in [2.75, 3.05) is 40.9 Å². The number of nitrogens with zero attached hydrogens (tertiary/aromatic N) is 1. The molecule has 0 radical (unpaired) electrons. The Morgan fingerprint density at radius 3 is 1.23 bits per heavy atom. The summed E-state index contributed by atoms with van der Waals surface area (Å²) in [6.45, 7) is 6.74. The molecule has 0 spiro atoms. The van der Waals surface area contributed by atoms with E-state index in [4.69, 9.17) is 13.8 Å². The number of allylic oxidation sites excluding steroid dienone is 7. The molecule has 1 N–H and O–H groups in total. The second kappa shape index (κ2) is 57.2. The molecule has 0 fully saturated rings. The fraction of sp³-hybridized carbons (Fsp3) is 0.851. The van der Waals surface area contributed by atoms with Crippen LogP contribution >= 0.6 is 7.82 Å². The molecule has 0 aromatic rings. The van der Waals surface area contributed by atoms with E-state index in [9.17, 15) is 19.0 Å². The van der Waals surface area contributed by atoms with Crippen LogP contribution in [0.5, 0.6) is 0 Å². The van der Waals surface area contributed by atoms with Crippen LogP contribution in [-0.4, -0.2) is 69.4 Å². The molecule has 9 nitrogen and oxygen atoms in total. The van der Waals surface area contributed by atoms with Gasteiger partial charge < -0.3 is 28.5 Å². The number of likely N-dealkylation sites (N-methyl/N-ethyl adjacent to an activating group) is 1. The lowest BCUT2D eigenvalue weighted by Crippen LogP contribution is -2.47. The summed E-state index contributed by atoms with van der Waals surface area (Å²) in [7, 11) is 1.18. The SMILES string of the molecule is CC/C=C/C=C/C=C\CCCCCCCC(=O)OC(/C=C\CCCCCCCCCCCCC)C(COP(=O)([O-])OCC[N+](C)(C)C)NC(=O)CCCCCCCCCCCCCCCCCCCCCCCCCCC. The number of ether oxygens (including phenoxy) is 1. The topological polar surface area (TPSA) is 114 Å². The van der Waals surface area contributed by atoms with Gasteiger partial charge in [-0.15, -0.1) is 0 Å². The number of hydrogen-bond donors (Lipinski definition) is 1. The number of rotatable bonds is 60. The molecule has 10 heteroatoms. The van der Waals surface area contributed by atoms with Crippen LogP contribution < -0.4 is 10.2 Å². The summed E-state index contributed by atoms with van der Waals surface area (Å²) in [5, 5.41) is 3.03. The lowest BCUT2D eigenvalue weighted by molar-refractivity contribution is -0.870. The molecule has 452 valence electrons. The molecule has 0 saturated carbocycles. The minimum absolute atomic E-state index is 0.0246. The lowest BCUT2D eigenvalue weighted by Gasteiger charge is -2.30. The Labute approximate surface area is 478 Å². The Kier molecular flexibility index (Phi) is 55.7. The van der Waals surface area contributed by atoms with Gasteiger partial charge in [-0.3, -0.25) is 14.2 Å². The number of carbonyl (C=O) groups is 2. The van der Waals surface area contributed by atoms with E-state index >= 15 is 0 Å². The Hall–Kier alpha value is -2.03.